The van der Waals surface area contributed by atoms with E-state index in [2.05, 4.69) is 11.2 Å². The summed E-state index contributed by atoms with van der Waals surface area (Å²) in [5.41, 5.74) is 0.631. The van der Waals surface area contributed by atoms with Crippen LogP contribution in [-0.4, -0.2) is 46.1 Å². The molecule has 6 heteroatoms. The molecule has 0 radical (unpaired) electrons. The van der Waals surface area contributed by atoms with Crippen molar-refractivity contribution < 1.29 is 10.0 Å². The van der Waals surface area contributed by atoms with Crippen LogP contribution < -0.4 is 0 Å². The Morgan fingerprint density at radius 2 is 2.29 bits per heavy atom. The summed E-state index contributed by atoms with van der Waals surface area (Å²) in [6.07, 6.45) is 5.05. The summed E-state index contributed by atoms with van der Waals surface area (Å²) in [5, 5.41) is 21.8. The third-order valence-electron chi connectivity index (χ3n) is 4.21. The lowest BCUT2D eigenvalue weighted by molar-refractivity contribution is -0.385. The van der Waals surface area contributed by atoms with Gasteiger partial charge in [0.05, 0.1) is 11.0 Å². The van der Waals surface area contributed by atoms with Gasteiger partial charge in [-0.25, -0.2) is 0 Å². The van der Waals surface area contributed by atoms with E-state index in [-0.39, 0.29) is 5.69 Å². The molecule has 3 atom stereocenters. The summed E-state index contributed by atoms with van der Waals surface area (Å²) in [5.74, 6) is 0. The zero-order valence-electron chi connectivity index (χ0n) is 12.4. The lowest BCUT2D eigenvalue weighted by Gasteiger charge is -2.30. The number of rotatable bonds is 6. The van der Waals surface area contributed by atoms with Crippen molar-refractivity contribution in [2.75, 3.05) is 19.8 Å². The van der Waals surface area contributed by atoms with Crippen LogP contribution in [0.1, 0.15) is 30.9 Å². The van der Waals surface area contributed by atoms with Gasteiger partial charge < -0.3 is 5.11 Å². The first-order chi connectivity index (χ1) is 10.0. The summed E-state index contributed by atoms with van der Waals surface area (Å²) >= 11 is 1.89. The molecule has 0 aliphatic heterocycles. The predicted octanol–water partition coefficient (Wildman–Crippen LogP) is 2.84. The molecule has 5 nitrogen and oxygen atoms in total. The maximum absolute atomic E-state index is 10.8. The molecule has 1 N–H and O–H groups in total. The van der Waals surface area contributed by atoms with Gasteiger partial charge in [-0.15, -0.1) is 0 Å². The third kappa shape index (κ3) is 3.96. The molecule has 0 amide bonds. The number of aliphatic hydroxyl groups excluding tert-OH is 1. The van der Waals surface area contributed by atoms with Crippen molar-refractivity contribution in [3.63, 3.8) is 0 Å². The number of hydrogen-bond donors (Lipinski definition) is 1. The van der Waals surface area contributed by atoms with Gasteiger partial charge in [-0.2, -0.15) is 11.8 Å². The van der Waals surface area contributed by atoms with Crippen LogP contribution in [0, 0.1) is 10.1 Å². The van der Waals surface area contributed by atoms with E-state index in [4.69, 9.17) is 0 Å². The molecular weight excluding hydrogens is 288 g/mol. The number of likely N-dealkylation sites (N-methyl/N-ethyl adjacent to an activating group) is 1. The van der Waals surface area contributed by atoms with Crippen LogP contribution in [0.3, 0.4) is 0 Å². The van der Waals surface area contributed by atoms with Crippen LogP contribution >= 0.6 is 11.8 Å². The van der Waals surface area contributed by atoms with E-state index >= 15 is 0 Å². The normalized spacial score (nSPS) is 23.4. The maximum Gasteiger partial charge on any atom is 0.269 e. The van der Waals surface area contributed by atoms with Gasteiger partial charge in [0.15, 0.2) is 0 Å². The summed E-state index contributed by atoms with van der Waals surface area (Å²) in [6.45, 7) is 0.503. The fourth-order valence-corrected chi connectivity index (χ4v) is 4.11. The van der Waals surface area contributed by atoms with Gasteiger partial charge in [-0.05, 0) is 31.7 Å². The van der Waals surface area contributed by atoms with E-state index in [1.54, 1.807) is 12.1 Å². The Bertz CT molecular complexity index is 498. The van der Waals surface area contributed by atoms with Gasteiger partial charge in [0.25, 0.3) is 5.69 Å². The number of nitrogens with zero attached hydrogens (tertiary/aromatic N) is 2. The summed E-state index contributed by atoms with van der Waals surface area (Å²) in [6, 6.07) is 6.75. The number of aliphatic hydroxyl groups is 1. The lowest BCUT2D eigenvalue weighted by Crippen LogP contribution is -2.38. The molecule has 1 saturated carbocycles. The molecule has 2 rings (SSSR count). The zero-order chi connectivity index (χ0) is 15.4. The zero-order valence-corrected chi connectivity index (χ0v) is 13.3. The number of thioether (sulfide) groups is 1. The Hall–Kier alpha value is -1.11. The molecule has 1 aromatic rings. The number of non-ortho nitro benzene ring substituents is 1. The van der Waals surface area contributed by atoms with E-state index in [1.165, 1.54) is 25.0 Å². The molecule has 0 spiro atoms. The fourth-order valence-electron chi connectivity index (χ4n) is 3.04. The third-order valence-corrected chi connectivity index (χ3v) is 5.37. The lowest BCUT2D eigenvalue weighted by atomic mass is 10.1. The average molecular weight is 310 g/mol. The molecule has 0 heterocycles. The number of nitro groups is 1. The van der Waals surface area contributed by atoms with Gasteiger partial charge in [-0.3, -0.25) is 15.0 Å². The second-order valence-electron chi connectivity index (χ2n) is 5.58. The highest BCUT2D eigenvalue weighted by Crippen LogP contribution is 2.32. The molecule has 21 heavy (non-hydrogen) atoms. The van der Waals surface area contributed by atoms with E-state index in [0.29, 0.717) is 23.4 Å². The Labute approximate surface area is 129 Å². The molecule has 1 aliphatic rings. The van der Waals surface area contributed by atoms with Crippen molar-refractivity contribution in [3.05, 3.63) is 39.9 Å². The Balaban J connectivity index is 2.02. The summed E-state index contributed by atoms with van der Waals surface area (Å²) < 4.78 is 0. The highest BCUT2D eigenvalue weighted by molar-refractivity contribution is 7.99. The van der Waals surface area contributed by atoms with Gasteiger partial charge in [0.1, 0.15) is 0 Å². The van der Waals surface area contributed by atoms with Gasteiger partial charge >= 0.3 is 0 Å². The van der Waals surface area contributed by atoms with E-state index in [0.717, 1.165) is 6.42 Å². The van der Waals surface area contributed by atoms with Crippen molar-refractivity contribution in [3.8, 4) is 0 Å². The first-order valence-corrected chi connectivity index (χ1v) is 8.47. The molecule has 0 bridgehead atoms. The average Bonchev–Trinajstić information content (AvgIpc) is 2.95. The molecule has 1 aromatic carbocycles. The standard InChI is InChI=1S/C15H22N2O3S/c1-16(13-7-4-8-15(13)21-2)10-14(18)11-5-3-6-12(9-11)17(19)20/h3,5-6,9,13-15,18H,4,7-8,10H2,1-2H3/t13-,14-,15-/m1/s1. The van der Waals surface area contributed by atoms with Gasteiger partial charge in [0.2, 0.25) is 0 Å². The monoisotopic (exact) mass is 310 g/mol. The highest BCUT2D eigenvalue weighted by Gasteiger charge is 2.30. The molecule has 1 fully saturated rings. The van der Waals surface area contributed by atoms with Crippen LogP contribution in [0.5, 0.6) is 0 Å². The fraction of sp³-hybridized carbons (Fsp3) is 0.600. The van der Waals surface area contributed by atoms with Gasteiger partial charge in [0, 0.05) is 30.0 Å². The summed E-state index contributed by atoms with van der Waals surface area (Å²) in [4.78, 5) is 12.6. The first-order valence-electron chi connectivity index (χ1n) is 7.18. The Morgan fingerprint density at radius 3 is 2.95 bits per heavy atom. The minimum Gasteiger partial charge on any atom is -0.387 e. The second kappa shape index (κ2) is 7.24. The minimum atomic E-state index is -0.696. The molecule has 116 valence electrons. The number of hydrogen-bond acceptors (Lipinski definition) is 5. The van der Waals surface area contributed by atoms with Crippen LogP contribution in [0.4, 0.5) is 5.69 Å². The Kier molecular flexibility index (Phi) is 5.61. The van der Waals surface area contributed by atoms with E-state index < -0.39 is 11.0 Å². The maximum atomic E-state index is 10.8. The van der Waals surface area contributed by atoms with Crippen LogP contribution in [-0.2, 0) is 0 Å². The Morgan fingerprint density at radius 1 is 1.52 bits per heavy atom. The van der Waals surface area contributed by atoms with Crippen molar-refractivity contribution in [2.45, 2.75) is 36.7 Å². The van der Waals surface area contributed by atoms with Crippen molar-refractivity contribution in [1.29, 1.82) is 0 Å². The highest BCUT2D eigenvalue weighted by atomic mass is 32.2. The molecule has 0 unspecified atom stereocenters. The molecule has 1 aliphatic carbocycles. The minimum absolute atomic E-state index is 0.0251. The largest absolute Gasteiger partial charge is 0.387 e. The van der Waals surface area contributed by atoms with Crippen molar-refractivity contribution in [1.82, 2.24) is 4.90 Å². The molecule has 0 saturated heterocycles. The van der Waals surface area contributed by atoms with E-state index in [9.17, 15) is 15.2 Å². The van der Waals surface area contributed by atoms with Crippen LogP contribution in [0.2, 0.25) is 0 Å². The van der Waals surface area contributed by atoms with Crippen LogP contribution in [0.25, 0.3) is 0 Å². The smallest absolute Gasteiger partial charge is 0.269 e. The molecular formula is C15H22N2O3S. The number of nitro benzene ring substituents is 1. The van der Waals surface area contributed by atoms with Crippen molar-refractivity contribution >= 4 is 17.4 Å². The van der Waals surface area contributed by atoms with Crippen molar-refractivity contribution in [2.24, 2.45) is 0 Å². The second-order valence-corrected chi connectivity index (χ2v) is 6.66. The van der Waals surface area contributed by atoms with E-state index in [1.807, 2.05) is 18.8 Å². The SMILES string of the molecule is CS[C@@H]1CCC[C@H]1N(C)C[C@@H](O)c1cccc([N+](=O)[O-])c1. The van der Waals surface area contributed by atoms with Crippen LogP contribution in [0.15, 0.2) is 24.3 Å². The summed E-state index contributed by atoms with van der Waals surface area (Å²) in [7, 11) is 2.03. The topological polar surface area (TPSA) is 66.6 Å². The van der Waals surface area contributed by atoms with Gasteiger partial charge in [-0.1, -0.05) is 18.6 Å². The first kappa shape index (κ1) is 16.3. The number of benzene rings is 1. The molecule has 0 aromatic heterocycles. The quantitative estimate of drug-likeness (QED) is 0.646. The predicted molar refractivity (Wildman–Crippen MR) is 85.6 cm³/mol.